The Morgan fingerprint density at radius 2 is 1.90 bits per heavy atom. The van der Waals surface area contributed by atoms with Crippen LogP contribution < -0.4 is 10.5 Å². The highest BCUT2D eigenvalue weighted by Gasteiger charge is 2.07. The summed E-state index contributed by atoms with van der Waals surface area (Å²) in [4.78, 5) is 1.14. The summed E-state index contributed by atoms with van der Waals surface area (Å²) in [6, 6.07) is 14.6. The standard InChI is InChI=1S/C17H21NOS/c1-12-8-9-14(10-13(2)18)11-16(12)19-15-6-4-5-7-17(15)20-3/h4-9,11,13H,10,18H2,1-3H3. The number of para-hydroxylation sites is 1. The molecule has 0 heterocycles. The van der Waals surface area contributed by atoms with Crippen LogP contribution in [0.4, 0.5) is 0 Å². The summed E-state index contributed by atoms with van der Waals surface area (Å²) < 4.78 is 6.09. The number of aryl methyl sites for hydroxylation is 1. The fourth-order valence-corrected chi connectivity index (χ4v) is 2.60. The van der Waals surface area contributed by atoms with Crippen molar-refractivity contribution in [1.29, 1.82) is 0 Å². The van der Waals surface area contributed by atoms with Gasteiger partial charge in [-0.1, -0.05) is 24.3 Å². The SMILES string of the molecule is CSc1ccccc1Oc1cc(CC(C)N)ccc1C. The molecule has 0 spiro atoms. The zero-order chi connectivity index (χ0) is 14.5. The molecule has 0 aliphatic carbocycles. The summed E-state index contributed by atoms with van der Waals surface area (Å²) >= 11 is 1.69. The molecule has 0 bridgehead atoms. The van der Waals surface area contributed by atoms with Crippen molar-refractivity contribution in [2.45, 2.75) is 31.2 Å². The molecule has 2 aromatic carbocycles. The quantitative estimate of drug-likeness (QED) is 0.828. The van der Waals surface area contributed by atoms with Gasteiger partial charge in [0.25, 0.3) is 0 Å². The molecule has 1 atom stereocenters. The van der Waals surface area contributed by atoms with Crippen LogP contribution >= 0.6 is 11.8 Å². The minimum absolute atomic E-state index is 0.157. The lowest BCUT2D eigenvalue weighted by Gasteiger charge is -2.13. The van der Waals surface area contributed by atoms with Gasteiger partial charge in [-0.3, -0.25) is 0 Å². The van der Waals surface area contributed by atoms with Crippen molar-refractivity contribution in [2.24, 2.45) is 5.73 Å². The highest BCUT2D eigenvalue weighted by molar-refractivity contribution is 7.98. The van der Waals surface area contributed by atoms with Crippen molar-refractivity contribution >= 4 is 11.8 Å². The van der Waals surface area contributed by atoms with Gasteiger partial charge in [-0.15, -0.1) is 11.8 Å². The van der Waals surface area contributed by atoms with E-state index in [4.69, 9.17) is 10.5 Å². The second-order valence-electron chi connectivity index (χ2n) is 5.03. The van der Waals surface area contributed by atoms with E-state index >= 15 is 0 Å². The van der Waals surface area contributed by atoms with Crippen LogP contribution in [0.15, 0.2) is 47.4 Å². The van der Waals surface area contributed by atoms with Gasteiger partial charge in [-0.05, 0) is 55.9 Å². The van der Waals surface area contributed by atoms with Crippen LogP contribution in [-0.4, -0.2) is 12.3 Å². The summed E-state index contributed by atoms with van der Waals surface area (Å²) in [7, 11) is 0. The maximum Gasteiger partial charge on any atom is 0.140 e. The van der Waals surface area contributed by atoms with Crippen LogP contribution in [0.25, 0.3) is 0 Å². The molecular formula is C17H21NOS. The Labute approximate surface area is 125 Å². The van der Waals surface area contributed by atoms with E-state index in [1.165, 1.54) is 5.56 Å². The molecule has 0 aliphatic rings. The van der Waals surface area contributed by atoms with E-state index in [1.807, 2.05) is 25.1 Å². The molecule has 2 aromatic rings. The Morgan fingerprint density at radius 3 is 2.60 bits per heavy atom. The summed E-state index contributed by atoms with van der Waals surface area (Å²) in [5.41, 5.74) is 8.21. The second kappa shape index (κ2) is 6.82. The Balaban J connectivity index is 2.28. The van der Waals surface area contributed by atoms with Crippen LogP contribution in [0.3, 0.4) is 0 Å². The fraction of sp³-hybridized carbons (Fsp3) is 0.294. The van der Waals surface area contributed by atoms with Crippen LogP contribution in [0.5, 0.6) is 11.5 Å². The first-order valence-corrected chi connectivity index (χ1v) is 7.98. The van der Waals surface area contributed by atoms with E-state index in [2.05, 4.69) is 37.4 Å². The van der Waals surface area contributed by atoms with Crippen LogP contribution in [0.2, 0.25) is 0 Å². The molecule has 2 rings (SSSR count). The van der Waals surface area contributed by atoms with E-state index in [-0.39, 0.29) is 6.04 Å². The number of rotatable bonds is 5. The Bertz CT molecular complexity index is 581. The first-order valence-electron chi connectivity index (χ1n) is 6.76. The summed E-state index contributed by atoms with van der Waals surface area (Å²) in [6.07, 6.45) is 2.92. The Hall–Kier alpha value is -1.45. The molecule has 3 heteroatoms. The number of ether oxygens (including phenoxy) is 1. The van der Waals surface area contributed by atoms with Crippen molar-refractivity contribution in [3.05, 3.63) is 53.6 Å². The predicted molar refractivity (Wildman–Crippen MR) is 86.8 cm³/mol. The van der Waals surface area contributed by atoms with E-state index in [0.717, 1.165) is 28.4 Å². The summed E-state index contributed by atoms with van der Waals surface area (Å²) in [5.74, 6) is 1.81. The molecule has 0 fully saturated rings. The largest absolute Gasteiger partial charge is 0.456 e. The molecule has 106 valence electrons. The molecule has 0 saturated heterocycles. The van der Waals surface area contributed by atoms with Crippen molar-refractivity contribution in [2.75, 3.05) is 6.26 Å². The molecule has 2 N–H and O–H groups in total. The summed E-state index contributed by atoms with van der Waals surface area (Å²) in [6.45, 7) is 4.08. The minimum Gasteiger partial charge on any atom is -0.456 e. The van der Waals surface area contributed by atoms with Gasteiger partial charge in [-0.2, -0.15) is 0 Å². The Kier molecular flexibility index (Phi) is 5.10. The van der Waals surface area contributed by atoms with Gasteiger partial charge in [0.15, 0.2) is 0 Å². The lowest BCUT2D eigenvalue weighted by atomic mass is 10.1. The molecule has 20 heavy (non-hydrogen) atoms. The van der Waals surface area contributed by atoms with Crippen molar-refractivity contribution < 1.29 is 4.74 Å². The van der Waals surface area contributed by atoms with Gasteiger partial charge in [0, 0.05) is 10.9 Å². The zero-order valence-corrected chi connectivity index (χ0v) is 13.0. The zero-order valence-electron chi connectivity index (χ0n) is 12.2. The number of hydrogen-bond acceptors (Lipinski definition) is 3. The van der Waals surface area contributed by atoms with Gasteiger partial charge in [0.2, 0.25) is 0 Å². The monoisotopic (exact) mass is 287 g/mol. The Morgan fingerprint density at radius 1 is 1.15 bits per heavy atom. The molecular weight excluding hydrogens is 266 g/mol. The maximum atomic E-state index is 6.09. The smallest absolute Gasteiger partial charge is 0.140 e. The van der Waals surface area contributed by atoms with E-state index in [9.17, 15) is 0 Å². The van der Waals surface area contributed by atoms with Crippen molar-refractivity contribution in [3.63, 3.8) is 0 Å². The highest BCUT2D eigenvalue weighted by atomic mass is 32.2. The van der Waals surface area contributed by atoms with Gasteiger partial charge in [0.05, 0.1) is 0 Å². The fourth-order valence-electron chi connectivity index (χ4n) is 2.07. The van der Waals surface area contributed by atoms with Crippen molar-refractivity contribution in [1.82, 2.24) is 0 Å². The first-order chi connectivity index (χ1) is 9.60. The molecule has 0 saturated carbocycles. The van der Waals surface area contributed by atoms with Crippen LogP contribution in [-0.2, 0) is 6.42 Å². The van der Waals surface area contributed by atoms with E-state index < -0.39 is 0 Å². The van der Waals surface area contributed by atoms with Gasteiger partial charge >= 0.3 is 0 Å². The summed E-state index contributed by atoms with van der Waals surface area (Å²) in [5, 5.41) is 0. The van der Waals surface area contributed by atoms with Gasteiger partial charge in [-0.25, -0.2) is 0 Å². The number of hydrogen-bond donors (Lipinski definition) is 1. The third-order valence-corrected chi connectivity index (χ3v) is 3.88. The van der Waals surface area contributed by atoms with Gasteiger partial charge in [0.1, 0.15) is 11.5 Å². The number of nitrogens with two attached hydrogens (primary N) is 1. The van der Waals surface area contributed by atoms with Crippen LogP contribution in [0.1, 0.15) is 18.1 Å². The second-order valence-corrected chi connectivity index (χ2v) is 5.88. The van der Waals surface area contributed by atoms with E-state index in [0.29, 0.717) is 0 Å². The molecule has 2 nitrogen and oxygen atoms in total. The lowest BCUT2D eigenvalue weighted by Crippen LogP contribution is -2.17. The average molecular weight is 287 g/mol. The first kappa shape index (κ1) is 14.9. The minimum atomic E-state index is 0.157. The third-order valence-electron chi connectivity index (χ3n) is 3.10. The predicted octanol–water partition coefficient (Wildman–Crippen LogP) is 4.40. The lowest BCUT2D eigenvalue weighted by molar-refractivity contribution is 0.466. The highest BCUT2D eigenvalue weighted by Crippen LogP contribution is 2.33. The molecule has 0 aliphatic heterocycles. The van der Waals surface area contributed by atoms with Gasteiger partial charge < -0.3 is 10.5 Å². The van der Waals surface area contributed by atoms with Crippen molar-refractivity contribution in [3.8, 4) is 11.5 Å². The maximum absolute atomic E-state index is 6.09. The number of benzene rings is 2. The van der Waals surface area contributed by atoms with E-state index in [1.54, 1.807) is 11.8 Å². The molecule has 0 radical (unpaired) electrons. The average Bonchev–Trinajstić information content (AvgIpc) is 2.42. The topological polar surface area (TPSA) is 35.2 Å². The molecule has 1 unspecified atom stereocenters. The molecule has 0 aromatic heterocycles. The van der Waals surface area contributed by atoms with Crippen LogP contribution in [0, 0.1) is 6.92 Å². The third kappa shape index (κ3) is 3.78. The molecule has 0 amide bonds. The normalized spacial score (nSPS) is 12.2. The number of thioether (sulfide) groups is 1.